The van der Waals surface area contributed by atoms with E-state index in [0.29, 0.717) is 10.2 Å². The van der Waals surface area contributed by atoms with Crippen LogP contribution >= 0.6 is 23.1 Å². The molecule has 2 aromatic heterocycles. The highest BCUT2D eigenvalue weighted by atomic mass is 32.2. The van der Waals surface area contributed by atoms with E-state index in [-0.39, 0.29) is 17.2 Å². The topological polar surface area (TPSA) is 101 Å². The largest absolute Gasteiger partial charge is 0.497 e. The van der Waals surface area contributed by atoms with E-state index in [1.54, 1.807) is 19.2 Å². The highest BCUT2D eigenvalue weighted by Gasteiger charge is 2.14. The molecule has 0 spiro atoms. The summed E-state index contributed by atoms with van der Waals surface area (Å²) >= 11 is 2.41. The van der Waals surface area contributed by atoms with Gasteiger partial charge in [0.1, 0.15) is 10.8 Å². The fraction of sp³-hybridized carbons (Fsp3) is 0.125. The number of carboxylic acid groups (broad SMARTS) is 1. The van der Waals surface area contributed by atoms with Gasteiger partial charge in [-0.2, -0.15) is 0 Å². The first kappa shape index (κ1) is 17.2. The van der Waals surface area contributed by atoms with Crippen LogP contribution in [0.4, 0.5) is 5.13 Å². The lowest BCUT2D eigenvalue weighted by atomic mass is 10.3. The minimum Gasteiger partial charge on any atom is -0.497 e. The third-order valence-electron chi connectivity index (χ3n) is 3.18. The van der Waals surface area contributed by atoms with Crippen molar-refractivity contribution in [2.24, 2.45) is 0 Å². The molecule has 3 rings (SSSR count). The van der Waals surface area contributed by atoms with Crippen LogP contribution in [0.1, 0.15) is 10.4 Å². The molecule has 1 amide bonds. The number of thiazole rings is 1. The number of anilines is 1. The lowest BCUT2D eigenvalue weighted by Gasteiger charge is -2.04. The van der Waals surface area contributed by atoms with Gasteiger partial charge in [-0.15, -0.1) is 0 Å². The van der Waals surface area contributed by atoms with Crippen LogP contribution in [-0.2, 0) is 4.79 Å². The molecule has 0 bridgehead atoms. The highest BCUT2D eigenvalue weighted by molar-refractivity contribution is 8.00. The molecule has 2 N–H and O–H groups in total. The van der Waals surface area contributed by atoms with E-state index in [4.69, 9.17) is 9.84 Å². The van der Waals surface area contributed by atoms with E-state index in [9.17, 15) is 9.59 Å². The van der Waals surface area contributed by atoms with Crippen LogP contribution < -0.4 is 10.1 Å². The van der Waals surface area contributed by atoms with Gasteiger partial charge in [0.2, 0.25) is 5.91 Å². The molecule has 0 aliphatic rings. The summed E-state index contributed by atoms with van der Waals surface area (Å²) in [5.41, 5.74) is 0.846. The van der Waals surface area contributed by atoms with Crippen molar-refractivity contribution < 1.29 is 19.4 Å². The highest BCUT2D eigenvalue weighted by Crippen LogP contribution is 2.29. The number of aromatic nitrogens is 2. The molecular formula is C16H13N3O4S2. The Morgan fingerprint density at radius 2 is 2.20 bits per heavy atom. The second-order valence-corrected chi connectivity index (χ2v) is 6.85. The number of fused-ring (bicyclic) bond motifs is 1. The van der Waals surface area contributed by atoms with E-state index >= 15 is 0 Å². The maximum atomic E-state index is 12.1. The normalized spacial score (nSPS) is 10.6. The van der Waals surface area contributed by atoms with Gasteiger partial charge < -0.3 is 15.2 Å². The van der Waals surface area contributed by atoms with Crippen LogP contribution in [0.25, 0.3) is 10.2 Å². The second-order valence-electron chi connectivity index (χ2n) is 4.85. The smallest absolute Gasteiger partial charge is 0.338 e. The molecule has 0 saturated carbocycles. The lowest BCUT2D eigenvalue weighted by Crippen LogP contribution is -2.14. The van der Waals surface area contributed by atoms with E-state index in [0.717, 1.165) is 27.7 Å². The molecule has 0 atom stereocenters. The van der Waals surface area contributed by atoms with E-state index in [1.165, 1.54) is 23.6 Å². The van der Waals surface area contributed by atoms with Crippen molar-refractivity contribution in [2.75, 3.05) is 18.2 Å². The van der Waals surface area contributed by atoms with Crippen molar-refractivity contribution in [3.05, 3.63) is 42.1 Å². The monoisotopic (exact) mass is 375 g/mol. The summed E-state index contributed by atoms with van der Waals surface area (Å²) in [4.78, 5) is 31.6. The van der Waals surface area contributed by atoms with Gasteiger partial charge in [-0.25, -0.2) is 14.8 Å². The molecule has 0 aliphatic heterocycles. The Kier molecular flexibility index (Phi) is 5.15. The van der Waals surface area contributed by atoms with Crippen molar-refractivity contribution in [1.29, 1.82) is 0 Å². The number of ether oxygens (including phenoxy) is 1. The first-order valence-electron chi connectivity index (χ1n) is 7.12. The molecule has 7 nitrogen and oxygen atoms in total. The number of carbonyl (C=O) groups excluding carboxylic acids is 1. The number of nitrogens with zero attached hydrogens (tertiary/aromatic N) is 2. The molecule has 128 valence electrons. The SMILES string of the molecule is COc1ccc2nc(NC(=O)CSc3ncccc3C(=O)O)sc2c1. The maximum absolute atomic E-state index is 12.1. The fourth-order valence-corrected chi connectivity index (χ4v) is 3.74. The van der Waals surface area contributed by atoms with E-state index in [1.807, 2.05) is 12.1 Å². The van der Waals surface area contributed by atoms with Crippen LogP contribution in [0.3, 0.4) is 0 Å². The summed E-state index contributed by atoms with van der Waals surface area (Å²) in [5, 5.41) is 12.6. The van der Waals surface area contributed by atoms with Gasteiger partial charge in [0.15, 0.2) is 5.13 Å². The zero-order valence-corrected chi connectivity index (χ0v) is 14.7. The van der Waals surface area contributed by atoms with Gasteiger partial charge >= 0.3 is 5.97 Å². The number of hydrogen-bond acceptors (Lipinski definition) is 7. The van der Waals surface area contributed by atoms with Gasteiger partial charge in [0.05, 0.1) is 28.6 Å². The summed E-state index contributed by atoms with van der Waals surface area (Å²) in [6.45, 7) is 0. The van der Waals surface area contributed by atoms with Crippen LogP contribution in [-0.4, -0.2) is 39.8 Å². The van der Waals surface area contributed by atoms with Gasteiger partial charge in [-0.3, -0.25) is 4.79 Å². The van der Waals surface area contributed by atoms with Crippen LogP contribution in [0.15, 0.2) is 41.6 Å². The number of carbonyl (C=O) groups is 2. The van der Waals surface area contributed by atoms with Gasteiger partial charge in [0, 0.05) is 6.20 Å². The summed E-state index contributed by atoms with van der Waals surface area (Å²) in [6.07, 6.45) is 1.49. The number of benzene rings is 1. The molecule has 0 radical (unpaired) electrons. The number of hydrogen-bond donors (Lipinski definition) is 2. The summed E-state index contributed by atoms with van der Waals surface area (Å²) in [6, 6.07) is 8.48. The van der Waals surface area contributed by atoms with Crippen molar-refractivity contribution >= 4 is 50.3 Å². The van der Waals surface area contributed by atoms with Gasteiger partial charge in [-0.1, -0.05) is 23.1 Å². The molecule has 2 heterocycles. The molecule has 0 unspecified atom stereocenters. The Balaban J connectivity index is 1.66. The fourth-order valence-electron chi connectivity index (χ4n) is 2.04. The van der Waals surface area contributed by atoms with Gasteiger partial charge in [-0.05, 0) is 30.3 Å². The zero-order valence-electron chi connectivity index (χ0n) is 13.1. The third kappa shape index (κ3) is 4.06. The first-order chi connectivity index (χ1) is 12.1. The molecule has 0 saturated heterocycles. The van der Waals surface area contributed by atoms with Crippen LogP contribution in [0.2, 0.25) is 0 Å². The Bertz CT molecular complexity index is 942. The van der Waals surface area contributed by atoms with Crippen molar-refractivity contribution in [3.8, 4) is 5.75 Å². The average Bonchev–Trinajstić information content (AvgIpc) is 3.01. The molecular weight excluding hydrogens is 362 g/mol. The van der Waals surface area contributed by atoms with Gasteiger partial charge in [0.25, 0.3) is 0 Å². The van der Waals surface area contributed by atoms with E-state index in [2.05, 4.69) is 15.3 Å². The number of aromatic carboxylic acids is 1. The molecule has 0 aliphatic carbocycles. The minimum atomic E-state index is -1.07. The third-order valence-corrected chi connectivity index (χ3v) is 5.12. The number of amides is 1. The Hall–Kier alpha value is -2.65. The zero-order chi connectivity index (χ0) is 17.8. The van der Waals surface area contributed by atoms with E-state index < -0.39 is 5.97 Å². The first-order valence-corrected chi connectivity index (χ1v) is 8.92. The number of nitrogens with one attached hydrogen (secondary N) is 1. The Morgan fingerprint density at radius 1 is 1.36 bits per heavy atom. The predicted molar refractivity (Wildman–Crippen MR) is 96.7 cm³/mol. The lowest BCUT2D eigenvalue weighted by molar-refractivity contribution is -0.113. The number of methoxy groups -OCH3 is 1. The summed E-state index contributed by atoms with van der Waals surface area (Å²) in [7, 11) is 1.59. The minimum absolute atomic E-state index is 0.0382. The number of carboxylic acids is 1. The number of thioether (sulfide) groups is 1. The molecule has 25 heavy (non-hydrogen) atoms. The molecule has 1 aromatic carbocycles. The molecule has 0 fully saturated rings. The number of pyridine rings is 1. The standard InChI is InChI=1S/C16H13N3O4S2/c1-23-9-4-5-11-12(7-9)25-16(18-11)19-13(20)8-24-14-10(15(21)22)3-2-6-17-14/h2-7H,8H2,1H3,(H,21,22)(H,18,19,20). The maximum Gasteiger partial charge on any atom is 0.338 e. The van der Waals surface area contributed by atoms with Crippen molar-refractivity contribution in [2.45, 2.75) is 5.03 Å². The van der Waals surface area contributed by atoms with Crippen LogP contribution in [0, 0.1) is 0 Å². The Labute approximate surface area is 151 Å². The average molecular weight is 375 g/mol. The summed E-state index contributed by atoms with van der Waals surface area (Å²) in [5.74, 6) is -0.591. The number of rotatable bonds is 6. The quantitative estimate of drug-likeness (QED) is 0.638. The molecule has 3 aromatic rings. The van der Waals surface area contributed by atoms with Crippen LogP contribution in [0.5, 0.6) is 5.75 Å². The second kappa shape index (κ2) is 7.49. The van der Waals surface area contributed by atoms with Crippen molar-refractivity contribution in [3.63, 3.8) is 0 Å². The Morgan fingerprint density at radius 3 is 2.96 bits per heavy atom. The predicted octanol–water partition coefficient (Wildman–Crippen LogP) is 3.13. The molecule has 9 heteroatoms. The van der Waals surface area contributed by atoms with Crippen molar-refractivity contribution in [1.82, 2.24) is 9.97 Å². The summed E-state index contributed by atoms with van der Waals surface area (Å²) < 4.78 is 6.07.